The summed E-state index contributed by atoms with van der Waals surface area (Å²) in [4.78, 5) is 21.5. The normalized spacial score (nSPS) is 11.4. The van der Waals surface area contributed by atoms with E-state index < -0.39 is 0 Å². The third-order valence-corrected chi connectivity index (χ3v) is 5.27. The van der Waals surface area contributed by atoms with Crippen LogP contribution in [0.1, 0.15) is 32.4 Å². The van der Waals surface area contributed by atoms with E-state index in [0.29, 0.717) is 27.7 Å². The molecule has 4 rings (SSSR count). The van der Waals surface area contributed by atoms with Gasteiger partial charge in [0.1, 0.15) is 12.1 Å². The lowest BCUT2D eigenvalue weighted by Crippen LogP contribution is -2.23. The second-order valence-corrected chi connectivity index (χ2v) is 7.49. The van der Waals surface area contributed by atoms with Crippen molar-refractivity contribution in [2.75, 3.05) is 5.32 Å². The van der Waals surface area contributed by atoms with E-state index in [9.17, 15) is 4.79 Å². The SMILES string of the molecule is CCC(CC)C(=O)Nc1cc(C)nn1-c1ncnc2c1cnn2-c1cccc(Cl)c1. The molecule has 4 aromatic rings. The molecule has 1 N–H and O–H groups in total. The van der Waals surface area contributed by atoms with Crippen LogP contribution in [0.5, 0.6) is 0 Å². The van der Waals surface area contributed by atoms with Gasteiger partial charge in [-0.15, -0.1) is 0 Å². The highest BCUT2D eigenvalue weighted by molar-refractivity contribution is 6.30. The Labute approximate surface area is 178 Å². The minimum Gasteiger partial charge on any atom is -0.310 e. The van der Waals surface area contributed by atoms with Gasteiger partial charge < -0.3 is 5.32 Å². The van der Waals surface area contributed by atoms with Gasteiger partial charge in [-0.3, -0.25) is 4.79 Å². The molecule has 0 unspecified atom stereocenters. The second-order valence-electron chi connectivity index (χ2n) is 7.06. The Morgan fingerprint density at radius 2 is 1.97 bits per heavy atom. The molecule has 1 amide bonds. The van der Waals surface area contributed by atoms with Crippen LogP contribution in [0.15, 0.2) is 42.9 Å². The molecule has 8 nitrogen and oxygen atoms in total. The number of nitrogens with zero attached hydrogens (tertiary/aromatic N) is 6. The highest BCUT2D eigenvalue weighted by Gasteiger charge is 2.20. The molecule has 154 valence electrons. The first-order chi connectivity index (χ1) is 14.5. The first-order valence-electron chi connectivity index (χ1n) is 9.84. The minimum atomic E-state index is -0.0512. The average molecular weight is 424 g/mol. The lowest BCUT2D eigenvalue weighted by atomic mass is 10.0. The monoisotopic (exact) mass is 423 g/mol. The van der Waals surface area contributed by atoms with E-state index in [1.165, 1.54) is 6.33 Å². The number of aromatic nitrogens is 6. The van der Waals surface area contributed by atoms with Crippen molar-refractivity contribution in [2.24, 2.45) is 5.92 Å². The molecule has 9 heteroatoms. The van der Waals surface area contributed by atoms with Crippen molar-refractivity contribution in [1.29, 1.82) is 0 Å². The summed E-state index contributed by atoms with van der Waals surface area (Å²) in [6, 6.07) is 9.21. The zero-order valence-electron chi connectivity index (χ0n) is 17.0. The molecule has 0 bridgehead atoms. The summed E-state index contributed by atoms with van der Waals surface area (Å²) in [7, 11) is 0. The Balaban J connectivity index is 1.79. The molecule has 0 aliphatic rings. The number of hydrogen-bond acceptors (Lipinski definition) is 5. The zero-order chi connectivity index (χ0) is 21.3. The van der Waals surface area contributed by atoms with Crippen LogP contribution in [0, 0.1) is 12.8 Å². The molecule has 0 aliphatic carbocycles. The van der Waals surface area contributed by atoms with Crippen LogP contribution in [0.25, 0.3) is 22.5 Å². The number of rotatable bonds is 6. The second kappa shape index (κ2) is 8.23. The molecular formula is C21H22ClN7O. The molecule has 0 fully saturated rings. The first kappa shape index (κ1) is 20.0. The van der Waals surface area contributed by atoms with Crippen molar-refractivity contribution >= 4 is 34.4 Å². The fraction of sp³-hybridized carbons (Fsp3) is 0.286. The fourth-order valence-corrected chi connectivity index (χ4v) is 3.62. The Morgan fingerprint density at radius 1 is 1.17 bits per heavy atom. The van der Waals surface area contributed by atoms with E-state index in [0.717, 1.165) is 24.2 Å². The predicted molar refractivity (Wildman–Crippen MR) is 116 cm³/mol. The molecule has 0 saturated carbocycles. The molecule has 0 aliphatic heterocycles. The summed E-state index contributed by atoms with van der Waals surface area (Å²) in [6.45, 7) is 5.89. The van der Waals surface area contributed by atoms with Gasteiger partial charge in [-0.25, -0.2) is 14.6 Å². The third-order valence-electron chi connectivity index (χ3n) is 5.04. The fourth-order valence-electron chi connectivity index (χ4n) is 3.44. The third kappa shape index (κ3) is 3.66. The first-order valence-corrected chi connectivity index (χ1v) is 10.2. The maximum Gasteiger partial charge on any atom is 0.228 e. The molecule has 30 heavy (non-hydrogen) atoms. The maximum atomic E-state index is 12.6. The smallest absolute Gasteiger partial charge is 0.228 e. The lowest BCUT2D eigenvalue weighted by Gasteiger charge is -2.13. The zero-order valence-corrected chi connectivity index (χ0v) is 17.8. The average Bonchev–Trinajstić information content (AvgIpc) is 3.32. The maximum absolute atomic E-state index is 12.6. The van der Waals surface area contributed by atoms with E-state index >= 15 is 0 Å². The summed E-state index contributed by atoms with van der Waals surface area (Å²) >= 11 is 6.13. The van der Waals surface area contributed by atoms with E-state index in [2.05, 4.69) is 25.5 Å². The molecular weight excluding hydrogens is 402 g/mol. The van der Waals surface area contributed by atoms with Crippen molar-refractivity contribution in [3.63, 3.8) is 0 Å². The number of aryl methyl sites for hydroxylation is 1. The summed E-state index contributed by atoms with van der Waals surface area (Å²) < 4.78 is 3.33. The van der Waals surface area contributed by atoms with Crippen LogP contribution in [-0.4, -0.2) is 35.4 Å². The van der Waals surface area contributed by atoms with Crippen LogP contribution in [0.4, 0.5) is 5.82 Å². The van der Waals surface area contributed by atoms with Gasteiger partial charge >= 0.3 is 0 Å². The molecule has 0 atom stereocenters. The number of benzene rings is 1. The lowest BCUT2D eigenvalue weighted by molar-refractivity contribution is -0.120. The largest absolute Gasteiger partial charge is 0.310 e. The molecule has 3 heterocycles. The van der Waals surface area contributed by atoms with Crippen LogP contribution >= 0.6 is 11.6 Å². The highest BCUT2D eigenvalue weighted by Crippen LogP contribution is 2.25. The van der Waals surface area contributed by atoms with Gasteiger partial charge in [0.2, 0.25) is 5.91 Å². The van der Waals surface area contributed by atoms with Gasteiger partial charge in [-0.2, -0.15) is 14.9 Å². The van der Waals surface area contributed by atoms with Gasteiger partial charge in [-0.05, 0) is 38.0 Å². The highest BCUT2D eigenvalue weighted by atomic mass is 35.5. The summed E-state index contributed by atoms with van der Waals surface area (Å²) in [5.41, 5.74) is 2.18. The Bertz CT molecular complexity index is 1210. The van der Waals surface area contributed by atoms with Gasteiger partial charge in [0, 0.05) is 17.0 Å². The molecule has 0 saturated heterocycles. The summed E-state index contributed by atoms with van der Waals surface area (Å²) in [5.74, 6) is 1.03. The summed E-state index contributed by atoms with van der Waals surface area (Å²) in [6.07, 6.45) is 4.71. The Kier molecular flexibility index (Phi) is 5.50. The molecule has 3 aromatic heterocycles. The van der Waals surface area contributed by atoms with Gasteiger partial charge in [-0.1, -0.05) is 31.5 Å². The minimum absolute atomic E-state index is 0.0268. The number of carbonyl (C=O) groups is 1. The van der Waals surface area contributed by atoms with E-state index in [4.69, 9.17) is 11.6 Å². The van der Waals surface area contributed by atoms with Gasteiger partial charge in [0.25, 0.3) is 0 Å². The van der Waals surface area contributed by atoms with E-state index in [-0.39, 0.29) is 11.8 Å². The van der Waals surface area contributed by atoms with E-state index in [1.807, 2.05) is 45.0 Å². The van der Waals surface area contributed by atoms with Crippen molar-refractivity contribution in [3.05, 3.63) is 53.6 Å². The number of halogens is 1. The number of anilines is 1. The van der Waals surface area contributed by atoms with E-state index in [1.54, 1.807) is 21.6 Å². The number of carbonyl (C=O) groups excluding carboxylic acids is 1. The van der Waals surface area contributed by atoms with Crippen LogP contribution in [-0.2, 0) is 4.79 Å². The van der Waals surface area contributed by atoms with Crippen molar-refractivity contribution in [3.8, 4) is 11.5 Å². The molecule has 1 aromatic carbocycles. The van der Waals surface area contributed by atoms with Crippen molar-refractivity contribution in [2.45, 2.75) is 33.6 Å². The Morgan fingerprint density at radius 3 is 2.70 bits per heavy atom. The van der Waals surface area contributed by atoms with Crippen LogP contribution in [0.2, 0.25) is 5.02 Å². The predicted octanol–water partition coefficient (Wildman–Crippen LogP) is 4.34. The van der Waals surface area contributed by atoms with Crippen molar-refractivity contribution < 1.29 is 4.79 Å². The van der Waals surface area contributed by atoms with Gasteiger partial charge in [0.05, 0.1) is 23.0 Å². The topological polar surface area (TPSA) is 90.5 Å². The number of nitrogens with one attached hydrogen (secondary N) is 1. The summed E-state index contributed by atoms with van der Waals surface area (Å²) in [5, 5.41) is 13.3. The molecule has 0 radical (unpaired) electrons. The standard InChI is InChI=1S/C21H22ClN7O/c1-4-14(5-2)21(30)26-18-9-13(3)27-29(18)20-17-11-25-28(19(17)23-12-24-20)16-8-6-7-15(22)10-16/h6-12,14H,4-5H2,1-3H3,(H,26,30). The Hall–Kier alpha value is -3.26. The van der Waals surface area contributed by atoms with Crippen molar-refractivity contribution in [1.82, 2.24) is 29.5 Å². The number of fused-ring (bicyclic) bond motifs is 1. The quantitative estimate of drug-likeness (QED) is 0.498. The molecule has 0 spiro atoms. The van der Waals surface area contributed by atoms with Gasteiger partial charge in [0.15, 0.2) is 11.5 Å². The van der Waals surface area contributed by atoms with Crippen LogP contribution in [0.3, 0.4) is 0 Å². The van der Waals surface area contributed by atoms with Crippen LogP contribution < -0.4 is 5.32 Å². The number of hydrogen-bond donors (Lipinski definition) is 1. The number of amides is 1.